The second-order valence-corrected chi connectivity index (χ2v) is 10.9. The topological polar surface area (TPSA) is 43.3 Å². The van der Waals surface area contributed by atoms with Crippen molar-refractivity contribution in [2.24, 2.45) is 10.9 Å². The number of nitrogens with zero attached hydrogens (tertiary/aromatic N) is 2. The molecule has 0 N–H and O–H groups in total. The van der Waals surface area contributed by atoms with Gasteiger partial charge in [0.05, 0.1) is 20.8 Å². The van der Waals surface area contributed by atoms with Gasteiger partial charge in [-0.2, -0.15) is 0 Å². The van der Waals surface area contributed by atoms with Gasteiger partial charge in [-0.1, -0.05) is 50.2 Å². The molecule has 0 unspecified atom stereocenters. The fraction of sp³-hybridized carbons (Fsp3) is 0.424. The summed E-state index contributed by atoms with van der Waals surface area (Å²) < 4.78 is 49.0. The van der Waals surface area contributed by atoms with Crippen LogP contribution in [0.3, 0.4) is 0 Å². The van der Waals surface area contributed by atoms with Crippen LogP contribution in [-0.2, 0) is 23.4 Å². The molecule has 0 radical (unpaired) electrons. The van der Waals surface area contributed by atoms with Crippen LogP contribution in [0.1, 0.15) is 55.0 Å². The fourth-order valence-corrected chi connectivity index (χ4v) is 5.21. The van der Waals surface area contributed by atoms with Gasteiger partial charge in [0.1, 0.15) is 29.0 Å². The monoisotopic (exact) mass is 550 g/mol. The molecule has 3 aromatic carbocycles. The van der Waals surface area contributed by atoms with E-state index in [0.717, 1.165) is 33.8 Å². The van der Waals surface area contributed by atoms with E-state index in [-0.39, 0.29) is 17.5 Å². The zero-order chi connectivity index (χ0) is 29.0. The van der Waals surface area contributed by atoms with Gasteiger partial charge in [0.2, 0.25) is 0 Å². The summed E-state index contributed by atoms with van der Waals surface area (Å²) in [4.78, 5) is 6.85. The van der Waals surface area contributed by atoms with Crippen molar-refractivity contribution in [3.05, 3.63) is 94.3 Å². The van der Waals surface area contributed by atoms with Crippen LogP contribution in [0, 0.1) is 25.6 Å². The molecule has 0 fully saturated rings. The molecule has 4 rings (SSSR count). The van der Waals surface area contributed by atoms with Crippen molar-refractivity contribution < 1.29 is 23.0 Å². The number of aliphatic imine (C=N–C) groups is 1. The lowest BCUT2D eigenvalue weighted by Gasteiger charge is -2.43. The van der Waals surface area contributed by atoms with Crippen LogP contribution in [0.2, 0.25) is 0 Å². The minimum absolute atomic E-state index is 0.120. The predicted octanol–water partition coefficient (Wildman–Crippen LogP) is 7.52. The van der Waals surface area contributed by atoms with Gasteiger partial charge >= 0.3 is 0 Å². The Morgan fingerprint density at radius 1 is 1.00 bits per heavy atom. The quantitative estimate of drug-likeness (QED) is 0.276. The van der Waals surface area contributed by atoms with Crippen molar-refractivity contribution in [1.82, 2.24) is 4.90 Å². The number of alkyl halides is 1. The van der Waals surface area contributed by atoms with Crippen LogP contribution in [0.4, 0.5) is 8.78 Å². The number of hydrogen-bond donors (Lipinski definition) is 0. The first kappa shape index (κ1) is 29.4. The second kappa shape index (κ2) is 12.3. The van der Waals surface area contributed by atoms with E-state index in [4.69, 9.17) is 19.2 Å². The molecule has 7 heteroatoms. The Balaban J connectivity index is 1.86. The molecule has 214 valence electrons. The Morgan fingerprint density at radius 3 is 2.35 bits per heavy atom. The molecule has 0 bridgehead atoms. The maximum absolute atomic E-state index is 16.3. The minimum Gasteiger partial charge on any atom is -0.497 e. The number of halogens is 2. The van der Waals surface area contributed by atoms with Crippen molar-refractivity contribution >= 4 is 6.02 Å². The van der Waals surface area contributed by atoms with E-state index in [1.54, 1.807) is 39.3 Å². The second-order valence-electron chi connectivity index (χ2n) is 10.9. The SMILES string of the molecule is CC[C@@H](C)[C@H]1OC(N(Cc2ccc(OC)cc2C)Cc2ccc(C)cc2OC)=N[C@](C)(c2ccccc2F)[C@H]1F. The van der Waals surface area contributed by atoms with Crippen molar-refractivity contribution in [1.29, 1.82) is 0 Å². The molecule has 4 atom stereocenters. The number of amidine groups is 1. The zero-order valence-electron chi connectivity index (χ0n) is 24.5. The lowest BCUT2D eigenvalue weighted by molar-refractivity contribution is -0.0273. The maximum Gasteiger partial charge on any atom is 0.289 e. The molecular weight excluding hydrogens is 510 g/mol. The third-order valence-electron chi connectivity index (χ3n) is 8.00. The smallest absolute Gasteiger partial charge is 0.289 e. The summed E-state index contributed by atoms with van der Waals surface area (Å²) in [6.07, 6.45) is -1.64. The Kier molecular flexibility index (Phi) is 9.02. The average molecular weight is 551 g/mol. The summed E-state index contributed by atoms with van der Waals surface area (Å²) in [6.45, 7) is 10.5. The molecule has 40 heavy (non-hydrogen) atoms. The molecule has 1 aliphatic rings. The average Bonchev–Trinajstić information content (AvgIpc) is 2.95. The third kappa shape index (κ3) is 5.93. The highest BCUT2D eigenvalue weighted by Gasteiger charge is 2.50. The van der Waals surface area contributed by atoms with E-state index >= 15 is 8.78 Å². The standard InChI is InChI=1S/C33H40F2N2O3/c1-8-22(3)30-31(35)33(5,27-11-9-10-12-28(27)34)36-32(40-30)37(19-24-15-16-26(38-6)18-23(24)4)20-25-14-13-21(2)17-29(25)39-7/h9-18,22,30-31H,8,19-20H2,1-7H3/t22-,30-,31+,33-/m1/s1. The first-order chi connectivity index (χ1) is 19.1. The van der Waals surface area contributed by atoms with Crippen LogP contribution in [0.25, 0.3) is 0 Å². The maximum atomic E-state index is 16.3. The summed E-state index contributed by atoms with van der Waals surface area (Å²) >= 11 is 0. The van der Waals surface area contributed by atoms with Gasteiger partial charge < -0.3 is 19.1 Å². The Morgan fingerprint density at radius 2 is 1.70 bits per heavy atom. The van der Waals surface area contributed by atoms with Gasteiger partial charge in [-0.05, 0) is 74.1 Å². The van der Waals surface area contributed by atoms with Gasteiger partial charge in [-0.15, -0.1) is 0 Å². The summed E-state index contributed by atoms with van der Waals surface area (Å²) in [5.41, 5.74) is 2.82. The van der Waals surface area contributed by atoms with Crippen LogP contribution in [-0.4, -0.2) is 37.4 Å². The lowest BCUT2D eigenvalue weighted by Crippen LogP contribution is -2.53. The molecule has 0 saturated heterocycles. The normalized spacial score (nSPS) is 21.3. The lowest BCUT2D eigenvalue weighted by atomic mass is 9.80. The summed E-state index contributed by atoms with van der Waals surface area (Å²) in [5.74, 6) is 0.901. The Bertz CT molecular complexity index is 1360. The molecule has 0 saturated carbocycles. The molecule has 1 heterocycles. The molecule has 0 amide bonds. The Hall–Kier alpha value is -3.61. The minimum atomic E-state index is -1.54. The van der Waals surface area contributed by atoms with Gasteiger partial charge in [0.15, 0.2) is 6.17 Å². The highest BCUT2D eigenvalue weighted by molar-refractivity contribution is 5.76. The summed E-state index contributed by atoms with van der Waals surface area (Å²) in [6, 6.07) is 18.5. The Labute approximate surface area is 236 Å². The van der Waals surface area contributed by atoms with Crippen LogP contribution >= 0.6 is 0 Å². The van der Waals surface area contributed by atoms with Crippen LogP contribution in [0.15, 0.2) is 65.7 Å². The number of methoxy groups -OCH3 is 2. The molecule has 1 aliphatic heterocycles. The molecule has 0 aliphatic carbocycles. The van der Waals surface area contributed by atoms with Gasteiger partial charge in [-0.25, -0.2) is 13.8 Å². The zero-order valence-corrected chi connectivity index (χ0v) is 24.5. The summed E-state index contributed by atoms with van der Waals surface area (Å²) in [7, 11) is 3.29. The van der Waals surface area contributed by atoms with Crippen LogP contribution < -0.4 is 9.47 Å². The van der Waals surface area contributed by atoms with Gasteiger partial charge in [0, 0.05) is 17.7 Å². The van der Waals surface area contributed by atoms with Crippen molar-refractivity contribution in [2.75, 3.05) is 14.2 Å². The van der Waals surface area contributed by atoms with Gasteiger partial charge in [0.25, 0.3) is 6.02 Å². The number of aryl methyl sites for hydroxylation is 2. The number of rotatable bonds is 9. The molecular formula is C33H40F2N2O3. The molecule has 3 aromatic rings. The number of ether oxygens (including phenoxy) is 3. The van der Waals surface area contributed by atoms with E-state index in [1.165, 1.54) is 6.07 Å². The first-order valence-corrected chi connectivity index (χ1v) is 13.8. The van der Waals surface area contributed by atoms with Crippen LogP contribution in [0.5, 0.6) is 11.5 Å². The van der Waals surface area contributed by atoms with E-state index in [9.17, 15) is 0 Å². The van der Waals surface area contributed by atoms with E-state index in [1.807, 2.05) is 69.0 Å². The van der Waals surface area contributed by atoms with E-state index in [0.29, 0.717) is 19.5 Å². The van der Waals surface area contributed by atoms with Crippen molar-refractivity contribution in [3.63, 3.8) is 0 Å². The van der Waals surface area contributed by atoms with Crippen molar-refractivity contribution in [2.45, 2.75) is 71.9 Å². The highest BCUT2D eigenvalue weighted by atomic mass is 19.1. The molecule has 5 nitrogen and oxygen atoms in total. The van der Waals surface area contributed by atoms with Gasteiger partial charge in [-0.3, -0.25) is 0 Å². The van der Waals surface area contributed by atoms with E-state index < -0.39 is 23.6 Å². The molecule has 0 aromatic heterocycles. The first-order valence-electron chi connectivity index (χ1n) is 13.8. The highest BCUT2D eigenvalue weighted by Crippen LogP contribution is 2.42. The molecule has 0 spiro atoms. The number of hydrogen-bond acceptors (Lipinski definition) is 5. The van der Waals surface area contributed by atoms with Crippen molar-refractivity contribution in [3.8, 4) is 11.5 Å². The predicted molar refractivity (Wildman–Crippen MR) is 155 cm³/mol. The largest absolute Gasteiger partial charge is 0.497 e. The fourth-order valence-electron chi connectivity index (χ4n) is 5.21. The van der Waals surface area contributed by atoms with E-state index in [2.05, 4.69) is 0 Å². The third-order valence-corrected chi connectivity index (χ3v) is 8.00. The summed E-state index contributed by atoms with van der Waals surface area (Å²) in [5, 5.41) is 0. The number of benzene rings is 3.